The molecule has 0 spiro atoms. The summed E-state index contributed by atoms with van der Waals surface area (Å²) in [5, 5.41) is 5.47. The number of fused-ring (bicyclic) bond motifs is 1. The van der Waals surface area contributed by atoms with Gasteiger partial charge in [0.1, 0.15) is 10.6 Å². The quantitative estimate of drug-likeness (QED) is 0.320. The predicted octanol–water partition coefficient (Wildman–Crippen LogP) is 4.46. The first-order valence-corrected chi connectivity index (χ1v) is 11.5. The van der Waals surface area contributed by atoms with Crippen LogP contribution < -0.4 is 15.6 Å². The van der Waals surface area contributed by atoms with Crippen LogP contribution in [0.4, 0.5) is 0 Å². The number of benzene rings is 2. The number of amides is 1. The molecule has 0 fully saturated rings. The van der Waals surface area contributed by atoms with Crippen molar-refractivity contribution in [2.75, 3.05) is 7.11 Å². The standard InChI is InChI=1S/C23H21N3O3S2/c1-14(20(27)24-12-15-8-10-17(29-2)11-9-15)31-23-25-21(28)19-18(13-30-22(19)26-23)16-6-4-3-5-7-16/h3-11,13-14H,12H2,1-2H3,(H,24,27)(H,25,26,28)/t14-/m1/s1. The minimum atomic E-state index is -0.410. The molecule has 0 aliphatic carbocycles. The average Bonchev–Trinajstić information content (AvgIpc) is 3.23. The summed E-state index contributed by atoms with van der Waals surface area (Å²) in [7, 11) is 1.62. The second-order valence-electron chi connectivity index (χ2n) is 6.89. The molecule has 0 aliphatic heterocycles. The van der Waals surface area contributed by atoms with Gasteiger partial charge in [-0.1, -0.05) is 54.2 Å². The molecule has 2 N–H and O–H groups in total. The van der Waals surface area contributed by atoms with Crippen molar-refractivity contribution < 1.29 is 9.53 Å². The van der Waals surface area contributed by atoms with E-state index in [0.29, 0.717) is 21.9 Å². The van der Waals surface area contributed by atoms with Gasteiger partial charge in [0.25, 0.3) is 5.56 Å². The van der Waals surface area contributed by atoms with Crippen LogP contribution in [0.1, 0.15) is 12.5 Å². The number of nitrogens with one attached hydrogen (secondary N) is 2. The number of ether oxygens (including phenoxy) is 1. The largest absolute Gasteiger partial charge is 0.497 e. The van der Waals surface area contributed by atoms with E-state index >= 15 is 0 Å². The lowest BCUT2D eigenvalue weighted by Crippen LogP contribution is -2.30. The molecule has 8 heteroatoms. The molecule has 4 rings (SSSR count). The number of hydrogen-bond donors (Lipinski definition) is 2. The van der Waals surface area contributed by atoms with Gasteiger partial charge in [0.2, 0.25) is 5.91 Å². The number of thioether (sulfide) groups is 1. The Labute approximate surface area is 187 Å². The number of nitrogens with zero attached hydrogens (tertiary/aromatic N) is 1. The molecule has 31 heavy (non-hydrogen) atoms. The average molecular weight is 452 g/mol. The summed E-state index contributed by atoms with van der Waals surface area (Å²) in [6.07, 6.45) is 0. The molecular weight excluding hydrogens is 430 g/mol. The van der Waals surface area contributed by atoms with E-state index in [4.69, 9.17) is 4.74 Å². The Balaban J connectivity index is 1.45. The van der Waals surface area contributed by atoms with Crippen LogP contribution in [0.2, 0.25) is 0 Å². The Morgan fingerprint density at radius 2 is 1.94 bits per heavy atom. The Bertz CT molecular complexity index is 1250. The summed E-state index contributed by atoms with van der Waals surface area (Å²) in [5.41, 5.74) is 2.63. The number of aromatic amines is 1. The number of H-pyrrole nitrogens is 1. The molecule has 0 saturated carbocycles. The van der Waals surface area contributed by atoms with Crippen molar-refractivity contribution in [3.8, 4) is 16.9 Å². The number of aromatic nitrogens is 2. The first kappa shape index (κ1) is 21.1. The minimum Gasteiger partial charge on any atom is -0.497 e. The second kappa shape index (κ2) is 9.36. The number of rotatable bonds is 7. The lowest BCUT2D eigenvalue weighted by atomic mass is 10.1. The smallest absolute Gasteiger partial charge is 0.260 e. The summed E-state index contributed by atoms with van der Waals surface area (Å²) in [5.74, 6) is 0.646. The third-order valence-electron chi connectivity index (χ3n) is 4.79. The van der Waals surface area contributed by atoms with E-state index in [1.165, 1.54) is 23.1 Å². The summed E-state index contributed by atoms with van der Waals surface area (Å²) in [4.78, 5) is 33.3. The highest BCUT2D eigenvalue weighted by atomic mass is 32.2. The van der Waals surface area contributed by atoms with E-state index in [1.54, 1.807) is 14.0 Å². The van der Waals surface area contributed by atoms with Gasteiger partial charge in [-0.3, -0.25) is 9.59 Å². The molecule has 0 radical (unpaired) electrons. The van der Waals surface area contributed by atoms with Gasteiger partial charge in [-0.2, -0.15) is 0 Å². The third kappa shape index (κ3) is 4.81. The molecule has 2 heterocycles. The van der Waals surface area contributed by atoms with E-state index in [2.05, 4.69) is 15.3 Å². The molecule has 158 valence electrons. The summed E-state index contributed by atoms with van der Waals surface area (Å²) in [6.45, 7) is 2.21. The zero-order valence-corrected chi connectivity index (χ0v) is 18.7. The fourth-order valence-corrected chi connectivity index (χ4v) is 4.94. The van der Waals surface area contributed by atoms with Crippen molar-refractivity contribution in [1.82, 2.24) is 15.3 Å². The first-order chi connectivity index (χ1) is 15.0. The van der Waals surface area contributed by atoms with E-state index in [0.717, 1.165) is 22.4 Å². The molecule has 2 aromatic heterocycles. The van der Waals surface area contributed by atoms with Crippen LogP contribution in [0.5, 0.6) is 5.75 Å². The van der Waals surface area contributed by atoms with Crippen molar-refractivity contribution in [1.29, 1.82) is 0 Å². The maximum absolute atomic E-state index is 12.8. The van der Waals surface area contributed by atoms with Crippen molar-refractivity contribution in [2.24, 2.45) is 0 Å². The SMILES string of the molecule is COc1ccc(CNC(=O)[C@@H](C)Sc2nc3scc(-c4ccccc4)c3c(=O)[nH]2)cc1. The summed E-state index contributed by atoms with van der Waals surface area (Å²) >= 11 is 2.66. The van der Waals surface area contributed by atoms with E-state index in [1.807, 2.05) is 60.0 Å². The Hall–Kier alpha value is -3.10. The molecule has 1 amide bonds. The van der Waals surface area contributed by atoms with Gasteiger partial charge in [-0.15, -0.1) is 11.3 Å². The zero-order valence-electron chi connectivity index (χ0n) is 17.0. The van der Waals surface area contributed by atoms with E-state index in [9.17, 15) is 9.59 Å². The fraction of sp³-hybridized carbons (Fsp3) is 0.174. The Morgan fingerprint density at radius 3 is 2.65 bits per heavy atom. The minimum absolute atomic E-state index is 0.125. The van der Waals surface area contributed by atoms with Gasteiger partial charge in [-0.05, 0) is 30.2 Å². The van der Waals surface area contributed by atoms with Crippen LogP contribution in [-0.4, -0.2) is 28.2 Å². The molecule has 0 bridgehead atoms. The number of carbonyl (C=O) groups is 1. The van der Waals surface area contributed by atoms with Crippen LogP contribution in [0.25, 0.3) is 21.3 Å². The van der Waals surface area contributed by atoms with Gasteiger partial charge in [0, 0.05) is 17.5 Å². The van der Waals surface area contributed by atoms with Crippen LogP contribution in [0, 0.1) is 0 Å². The number of hydrogen-bond acceptors (Lipinski definition) is 6. The van der Waals surface area contributed by atoms with Gasteiger partial charge in [0.15, 0.2) is 5.16 Å². The second-order valence-corrected chi connectivity index (χ2v) is 9.08. The normalized spacial score (nSPS) is 11.9. The lowest BCUT2D eigenvalue weighted by Gasteiger charge is -2.12. The van der Waals surface area contributed by atoms with Crippen molar-refractivity contribution in [3.63, 3.8) is 0 Å². The zero-order chi connectivity index (χ0) is 21.8. The molecule has 0 saturated heterocycles. The van der Waals surface area contributed by atoms with E-state index in [-0.39, 0.29) is 11.5 Å². The van der Waals surface area contributed by atoms with Crippen molar-refractivity contribution in [3.05, 3.63) is 75.9 Å². The molecule has 0 aliphatic rings. The molecule has 1 atom stereocenters. The van der Waals surface area contributed by atoms with E-state index < -0.39 is 5.25 Å². The first-order valence-electron chi connectivity index (χ1n) is 9.69. The third-order valence-corrected chi connectivity index (χ3v) is 6.65. The summed E-state index contributed by atoms with van der Waals surface area (Å²) < 4.78 is 5.14. The fourth-order valence-electron chi connectivity index (χ4n) is 3.11. The molecule has 6 nitrogen and oxygen atoms in total. The Kier molecular flexibility index (Phi) is 6.39. The highest BCUT2D eigenvalue weighted by molar-refractivity contribution is 8.00. The van der Waals surface area contributed by atoms with Gasteiger partial charge < -0.3 is 15.0 Å². The van der Waals surface area contributed by atoms with Crippen molar-refractivity contribution >= 4 is 39.2 Å². The van der Waals surface area contributed by atoms with Crippen LogP contribution in [0.15, 0.2) is 69.9 Å². The summed E-state index contributed by atoms with van der Waals surface area (Å²) in [6, 6.07) is 17.3. The maximum atomic E-state index is 12.8. The van der Waals surface area contributed by atoms with Crippen LogP contribution in [0.3, 0.4) is 0 Å². The molecule has 4 aromatic rings. The topological polar surface area (TPSA) is 84.1 Å². The molecule has 0 unspecified atom stereocenters. The van der Waals surface area contributed by atoms with Gasteiger partial charge in [-0.25, -0.2) is 4.98 Å². The highest BCUT2D eigenvalue weighted by Gasteiger charge is 2.18. The highest BCUT2D eigenvalue weighted by Crippen LogP contribution is 2.31. The Morgan fingerprint density at radius 1 is 1.19 bits per heavy atom. The van der Waals surface area contributed by atoms with Crippen molar-refractivity contribution in [2.45, 2.75) is 23.9 Å². The van der Waals surface area contributed by atoms with Gasteiger partial charge in [0.05, 0.1) is 17.7 Å². The molecular formula is C23H21N3O3S2. The van der Waals surface area contributed by atoms with Crippen LogP contribution in [-0.2, 0) is 11.3 Å². The monoisotopic (exact) mass is 451 g/mol. The number of methoxy groups -OCH3 is 1. The lowest BCUT2D eigenvalue weighted by molar-refractivity contribution is -0.120. The predicted molar refractivity (Wildman–Crippen MR) is 126 cm³/mol. The van der Waals surface area contributed by atoms with Crippen LogP contribution >= 0.6 is 23.1 Å². The van der Waals surface area contributed by atoms with Gasteiger partial charge >= 0.3 is 0 Å². The molecule has 2 aromatic carbocycles. The number of thiophene rings is 1. The maximum Gasteiger partial charge on any atom is 0.260 e. The number of carbonyl (C=O) groups excluding carboxylic acids is 1.